The number of nitrogens with one attached hydrogen (secondary N) is 1. The van der Waals surface area contributed by atoms with Crippen molar-refractivity contribution in [2.45, 2.75) is 122 Å². The molecule has 11 heterocycles. The first-order chi connectivity index (χ1) is 43.1. The second-order valence-electron chi connectivity index (χ2n) is 22.4. The van der Waals surface area contributed by atoms with Crippen molar-refractivity contribution in [3.63, 3.8) is 0 Å². The molecule has 2 aromatic rings. The van der Waals surface area contributed by atoms with E-state index in [1.807, 2.05) is 25.1 Å². The smallest absolute Gasteiger partial charge is 0.382 e. The number of benzene rings is 1. The SMILES string of the molecule is COCC12CO[C@H](C(C)O1)[C@H]2OP(=O)(O)OC.COCC12CO[C@H](C(N3C=CC(=O)CC3=O)O1)[C@H]2NP(=O)(O)OC.COCC12CO[C@H](C(N3C=CCCC3=O)O1)[C@H]2OP(=O)(O)OC.COCC12CO[C@H](C(n3ccc4ccccc4c3=O)O1)[C@H]2OP(=O)(O)OC. The van der Waals surface area contributed by atoms with Crippen LogP contribution in [0.2, 0.25) is 0 Å². The highest BCUT2D eigenvalue weighted by atomic mass is 31.2. The molecule has 35 nitrogen and oxygen atoms in total. The summed E-state index contributed by atoms with van der Waals surface area (Å²) >= 11 is 0. The first-order valence-corrected chi connectivity index (χ1v) is 34.3. The second-order valence-corrected chi connectivity index (χ2v) is 28.6. The Balaban J connectivity index is 0.000000145. The number of hydrogen-bond donors (Lipinski definition) is 5. The number of ketones is 1. The molecule has 10 aliphatic heterocycles. The molecule has 8 fully saturated rings. The Hall–Kier alpha value is -3.52. The minimum absolute atomic E-state index is 0.0662. The monoisotopic (exact) mass is 1380 g/mol. The summed E-state index contributed by atoms with van der Waals surface area (Å²) in [5, 5.41) is 3.86. The lowest BCUT2D eigenvalue weighted by molar-refractivity contribution is -0.203. The number of hydrogen-bond acceptors (Lipinski definition) is 27. The van der Waals surface area contributed by atoms with Crippen LogP contribution in [-0.4, -0.2) is 251 Å². The summed E-state index contributed by atoms with van der Waals surface area (Å²) < 4.78 is 149. The zero-order chi connectivity index (χ0) is 66.1. The van der Waals surface area contributed by atoms with Gasteiger partial charge < -0.3 is 80.9 Å². The summed E-state index contributed by atoms with van der Waals surface area (Å²) in [7, 11) is -6.32. The largest absolute Gasteiger partial charge is 0.472 e. The number of rotatable bonds is 23. The van der Waals surface area contributed by atoms with Crippen LogP contribution in [0.25, 0.3) is 10.8 Å². The molecule has 5 N–H and O–H groups in total. The van der Waals surface area contributed by atoms with Crippen molar-refractivity contribution in [3.05, 3.63) is 71.4 Å². The maximum absolute atomic E-state index is 12.9. The molecule has 0 radical (unpaired) electrons. The molecule has 20 atom stereocenters. The molecular formula is C52H76N4O31P4. The van der Waals surface area contributed by atoms with Crippen LogP contribution >= 0.6 is 31.2 Å². The Morgan fingerprint density at radius 3 is 1.55 bits per heavy atom. The molecule has 1 aromatic carbocycles. The highest BCUT2D eigenvalue weighted by Crippen LogP contribution is 2.56. The lowest BCUT2D eigenvalue weighted by Crippen LogP contribution is -2.51. The van der Waals surface area contributed by atoms with Gasteiger partial charge in [0.1, 0.15) is 65.1 Å². The van der Waals surface area contributed by atoms with Gasteiger partial charge in [0.25, 0.3) is 5.56 Å². The Kier molecular flexibility index (Phi) is 22.6. The Bertz CT molecular complexity index is 3290. The number of allylic oxidation sites excluding steroid dienone is 2. The summed E-state index contributed by atoms with van der Waals surface area (Å²) in [5.74, 6) is -0.811. The highest BCUT2D eigenvalue weighted by molar-refractivity contribution is 7.50. The molecule has 12 rings (SSSR count). The Morgan fingerprint density at radius 2 is 1.02 bits per heavy atom. The third-order valence-corrected chi connectivity index (χ3v) is 20.5. The van der Waals surface area contributed by atoms with Gasteiger partial charge in [-0.2, -0.15) is 0 Å². The van der Waals surface area contributed by atoms with Gasteiger partial charge in [-0.1, -0.05) is 24.3 Å². The fourth-order valence-corrected chi connectivity index (χ4v) is 15.3. The number of fused-ring (bicyclic) bond motifs is 9. The van der Waals surface area contributed by atoms with E-state index in [4.69, 9.17) is 70.4 Å². The average Bonchev–Trinajstić information content (AvgIpc) is 1.60. The van der Waals surface area contributed by atoms with Crippen molar-refractivity contribution in [1.82, 2.24) is 19.5 Å². The quantitative estimate of drug-likeness (QED) is 0.0773. The van der Waals surface area contributed by atoms with Gasteiger partial charge in [-0.25, -0.2) is 23.3 Å². The first kappa shape index (κ1) is 71.8. The van der Waals surface area contributed by atoms with Crippen molar-refractivity contribution in [2.24, 2.45) is 0 Å². The number of carbonyl (C=O) groups excluding carboxylic acids is 3. The fraction of sp³-hybridized carbons (Fsp3) is 0.692. The van der Waals surface area contributed by atoms with Gasteiger partial charge in [-0.3, -0.25) is 60.7 Å². The van der Waals surface area contributed by atoms with Gasteiger partial charge in [0.15, 0.2) is 24.5 Å². The third kappa shape index (κ3) is 14.8. The molecule has 39 heteroatoms. The Morgan fingerprint density at radius 1 is 0.560 bits per heavy atom. The Labute approximate surface area is 521 Å². The second kappa shape index (κ2) is 28.7. The van der Waals surface area contributed by atoms with Crippen LogP contribution < -0.4 is 10.6 Å². The molecule has 10 aliphatic rings. The van der Waals surface area contributed by atoms with Crippen molar-refractivity contribution in [1.29, 1.82) is 0 Å². The molecule has 91 heavy (non-hydrogen) atoms. The van der Waals surface area contributed by atoms with Gasteiger partial charge in [-0.15, -0.1) is 0 Å². The maximum atomic E-state index is 12.9. The molecule has 0 saturated carbocycles. The van der Waals surface area contributed by atoms with E-state index in [-0.39, 0.29) is 88.7 Å². The molecule has 510 valence electrons. The van der Waals surface area contributed by atoms with Crippen LogP contribution in [0, 0.1) is 0 Å². The van der Waals surface area contributed by atoms with E-state index in [2.05, 4.69) is 23.2 Å². The van der Waals surface area contributed by atoms with Crippen LogP contribution in [0.3, 0.4) is 0 Å². The van der Waals surface area contributed by atoms with Crippen molar-refractivity contribution in [2.75, 3.05) is 110 Å². The lowest BCUT2D eigenvalue weighted by Gasteiger charge is -2.35. The van der Waals surface area contributed by atoms with Crippen molar-refractivity contribution < 1.29 is 141 Å². The summed E-state index contributed by atoms with van der Waals surface area (Å²) in [6, 6.07) is 8.29. The summed E-state index contributed by atoms with van der Waals surface area (Å²) in [6.45, 7) is 2.98. The minimum Gasteiger partial charge on any atom is -0.382 e. The first-order valence-electron chi connectivity index (χ1n) is 28.2. The van der Waals surface area contributed by atoms with Gasteiger partial charge in [-0.05, 0) is 36.9 Å². The fourth-order valence-electron chi connectivity index (χ4n) is 12.4. The standard InChI is InChI=1S/C17H20NO8P.C13H19N2O8P.C13H20NO8P.C9H17O7P/c1-22-9-17-10-24-13(14(17)26-27(20,21)23-2)16(25-17)18-8-7-11-5-3-4-6-12(11)15(18)19;1-20-6-13-7-22-10(11(13)14-24(18,19)21-2)12(23-13)15-4-3-8(16)5-9(15)17;1-18-7-13-8-20-10(11(13)22-23(16,17)19-2)12(21-13)14-6-4-3-5-9(14)15;1-6-7-8(16-17(10,11)13-3)9(15-6,4-12-2)5-14-7/h3-8,13-14,16H,9-10H2,1-2H3,(H,20,21);3-4,10-12H,5-7H2,1-2H3,(H2,14,18,19);4,6,10-12H,3,5,7-8H2,1-2H3,(H,16,17);6-8H,4-5H2,1-3H3,(H,10,11)/t13-,14+,16?,17?;2*10-,11+,12?,13?;6?,7-,8-,9?/m0001/s1. The van der Waals surface area contributed by atoms with Crippen molar-refractivity contribution in [3.8, 4) is 0 Å². The topological polar surface area (TPSA) is 416 Å². The molecular weight excluding hydrogens is 1300 g/mol. The van der Waals surface area contributed by atoms with E-state index in [1.54, 1.807) is 30.6 Å². The van der Waals surface area contributed by atoms with Crippen LogP contribution in [-0.2, 0) is 121 Å². The number of aromatic nitrogens is 1. The van der Waals surface area contributed by atoms with E-state index in [9.17, 15) is 57.0 Å². The van der Waals surface area contributed by atoms with Gasteiger partial charge in [0, 0.05) is 87.3 Å². The molecule has 0 spiro atoms. The predicted octanol–water partition coefficient (Wildman–Crippen LogP) is 1.31. The number of ether oxygens (including phenoxy) is 12. The van der Waals surface area contributed by atoms with E-state index < -0.39 is 121 Å². The van der Waals surface area contributed by atoms with Gasteiger partial charge in [0.05, 0.1) is 71.4 Å². The van der Waals surface area contributed by atoms with E-state index in [0.29, 0.717) is 18.2 Å². The van der Waals surface area contributed by atoms with Crippen LogP contribution in [0.15, 0.2) is 65.9 Å². The number of nitrogens with zero attached hydrogens (tertiary/aromatic N) is 3. The number of pyridine rings is 1. The molecule has 8 bridgehead atoms. The molecule has 1 aromatic heterocycles. The van der Waals surface area contributed by atoms with E-state index in [1.165, 1.54) is 55.1 Å². The number of methoxy groups -OCH3 is 4. The maximum Gasteiger partial charge on any atom is 0.472 e. The highest BCUT2D eigenvalue weighted by Gasteiger charge is 2.68. The third-order valence-electron chi connectivity index (χ3n) is 16.5. The number of carbonyl (C=O) groups is 3. The number of amides is 2. The number of phosphoric acid groups is 3. The lowest BCUT2D eigenvalue weighted by atomic mass is 9.98. The van der Waals surface area contributed by atoms with Crippen LogP contribution in [0.4, 0.5) is 0 Å². The average molecular weight is 1380 g/mol. The van der Waals surface area contributed by atoms with E-state index >= 15 is 0 Å². The predicted molar refractivity (Wildman–Crippen MR) is 306 cm³/mol. The molecule has 8 saturated heterocycles. The zero-order valence-corrected chi connectivity index (χ0v) is 54.5. The summed E-state index contributed by atoms with van der Waals surface area (Å²) in [6.07, 6.45) is 0.920. The minimum atomic E-state index is -4.30. The van der Waals surface area contributed by atoms with E-state index in [0.717, 1.165) is 33.8 Å². The summed E-state index contributed by atoms with van der Waals surface area (Å²) in [4.78, 5) is 89.7. The molecule has 12 unspecified atom stereocenters. The summed E-state index contributed by atoms with van der Waals surface area (Å²) in [5.41, 5.74) is -4.30. The molecule has 2 amide bonds. The van der Waals surface area contributed by atoms with Gasteiger partial charge in [0.2, 0.25) is 11.8 Å². The zero-order valence-electron chi connectivity index (χ0n) is 50.9. The normalized spacial score (nSPS) is 37.6. The van der Waals surface area contributed by atoms with Crippen molar-refractivity contribution >= 4 is 59.6 Å². The molecule has 0 aliphatic carbocycles. The van der Waals surface area contributed by atoms with Crippen LogP contribution in [0.1, 0.15) is 32.4 Å². The number of phosphoric ester groups is 3. The van der Waals surface area contributed by atoms with Crippen LogP contribution in [0.5, 0.6) is 0 Å². The van der Waals surface area contributed by atoms with Gasteiger partial charge >= 0.3 is 31.2 Å².